The van der Waals surface area contributed by atoms with E-state index < -0.39 is 30.5 Å². The summed E-state index contributed by atoms with van der Waals surface area (Å²) in [6.45, 7) is -0.530. The van der Waals surface area contributed by atoms with Crippen molar-refractivity contribution in [3.63, 3.8) is 0 Å². The fraction of sp³-hybridized carbons (Fsp3) is 0.267. The fourth-order valence-corrected chi connectivity index (χ4v) is 1.85. The Bertz CT molecular complexity index is 549. The van der Waals surface area contributed by atoms with Gasteiger partial charge in [-0.2, -0.15) is 0 Å². The summed E-state index contributed by atoms with van der Waals surface area (Å²) in [4.78, 5) is 11.2. The van der Waals surface area contributed by atoms with Gasteiger partial charge in [-0.05, 0) is 11.6 Å². The molecule has 2 rings (SSSR count). The minimum absolute atomic E-state index is 0.0829. The lowest BCUT2D eigenvalue weighted by atomic mass is 10.2. The molecule has 6 nitrogen and oxygen atoms in total. The quantitative estimate of drug-likeness (QED) is 0.670. The Morgan fingerprint density at radius 2 is 2.05 bits per heavy atom. The van der Waals surface area contributed by atoms with E-state index in [1.165, 1.54) is 0 Å². The SMILES string of the molecule is O=C1O[C@H]([C@@H](O)CO)C(OCC=Cc2ccccc2)=C1O. The largest absolute Gasteiger partial charge is 0.499 e. The lowest BCUT2D eigenvalue weighted by Gasteiger charge is -2.17. The Labute approximate surface area is 121 Å². The molecule has 1 aromatic carbocycles. The highest BCUT2D eigenvalue weighted by molar-refractivity contribution is 5.89. The number of cyclic esters (lactones) is 1. The molecule has 0 bridgehead atoms. The van der Waals surface area contributed by atoms with Crippen molar-refractivity contribution in [1.29, 1.82) is 0 Å². The van der Waals surface area contributed by atoms with Crippen LogP contribution in [0, 0.1) is 0 Å². The minimum atomic E-state index is -1.34. The van der Waals surface area contributed by atoms with Crippen molar-refractivity contribution in [2.45, 2.75) is 12.2 Å². The summed E-state index contributed by atoms with van der Waals surface area (Å²) in [5.41, 5.74) is 0.977. The van der Waals surface area contributed by atoms with Crippen LogP contribution in [0.25, 0.3) is 6.08 Å². The number of aliphatic hydroxyl groups is 3. The molecule has 0 amide bonds. The number of ether oxygens (including phenoxy) is 2. The Morgan fingerprint density at radius 3 is 2.71 bits per heavy atom. The third-order valence-corrected chi connectivity index (χ3v) is 2.90. The molecule has 0 spiro atoms. The first kappa shape index (κ1) is 15.1. The number of esters is 1. The zero-order valence-electron chi connectivity index (χ0n) is 11.2. The molecule has 2 atom stereocenters. The molecule has 1 aliphatic heterocycles. The maximum atomic E-state index is 11.2. The lowest BCUT2D eigenvalue weighted by molar-refractivity contribution is -0.148. The Morgan fingerprint density at radius 1 is 1.33 bits per heavy atom. The van der Waals surface area contributed by atoms with Gasteiger partial charge in [-0.1, -0.05) is 36.4 Å². The van der Waals surface area contributed by atoms with Crippen molar-refractivity contribution >= 4 is 12.0 Å². The van der Waals surface area contributed by atoms with Crippen molar-refractivity contribution in [2.75, 3.05) is 13.2 Å². The molecule has 0 fully saturated rings. The van der Waals surface area contributed by atoms with Crippen LogP contribution in [0.4, 0.5) is 0 Å². The number of hydrogen-bond acceptors (Lipinski definition) is 6. The first-order valence-corrected chi connectivity index (χ1v) is 6.41. The normalized spacial score (nSPS) is 19.9. The van der Waals surface area contributed by atoms with Gasteiger partial charge in [0.2, 0.25) is 5.76 Å². The van der Waals surface area contributed by atoms with E-state index in [4.69, 9.17) is 14.6 Å². The number of aliphatic hydroxyl groups excluding tert-OH is 3. The van der Waals surface area contributed by atoms with Crippen molar-refractivity contribution in [3.8, 4) is 0 Å². The summed E-state index contributed by atoms with van der Waals surface area (Å²) in [7, 11) is 0. The van der Waals surface area contributed by atoms with Crippen LogP contribution in [-0.2, 0) is 14.3 Å². The number of hydrogen-bond donors (Lipinski definition) is 3. The van der Waals surface area contributed by atoms with E-state index >= 15 is 0 Å². The van der Waals surface area contributed by atoms with Gasteiger partial charge in [-0.15, -0.1) is 0 Å². The van der Waals surface area contributed by atoms with Crippen molar-refractivity contribution in [2.24, 2.45) is 0 Å². The molecule has 112 valence electrons. The van der Waals surface area contributed by atoms with Crippen LogP contribution in [0.2, 0.25) is 0 Å². The zero-order chi connectivity index (χ0) is 15.2. The predicted molar refractivity (Wildman–Crippen MR) is 74.1 cm³/mol. The highest BCUT2D eigenvalue weighted by Gasteiger charge is 2.40. The number of carbonyl (C=O) groups excluding carboxylic acids is 1. The summed E-state index contributed by atoms with van der Waals surface area (Å²) in [6.07, 6.45) is 0.979. The monoisotopic (exact) mass is 292 g/mol. The third-order valence-electron chi connectivity index (χ3n) is 2.90. The van der Waals surface area contributed by atoms with Gasteiger partial charge in [0.25, 0.3) is 0 Å². The first-order chi connectivity index (χ1) is 10.1. The molecule has 1 heterocycles. The molecular weight excluding hydrogens is 276 g/mol. The third kappa shape index (κ3) is 3.62. The van der Waals surface area contributed by atoms with Gasteiger partial charge in [0.05, 0.1) is 6.61 Å². The summed E-state index contributed by atoms with van der Waals surface area (Å²) in [6, 6.07) is 9.51. The molecule has 6 heteroatoms. The van der Waals surface area contributed by atoms with E-state index in [9.17, 15) is 15.0 Å². The highest BCUT2D eigenvalue weighted by atomic mass is 16.6. The molecule has 1 aromatic rings. The molecule has 1 aliphatic rings. The van der Waals surface area contributed by atoms with E-state index in [2.05, 4.69) is 0 Å². The summed E-state index contributed by atoms with van der Waals surface area (Å²) >= 11 is 0. The van der Waals surface area contributed by atoms with Crippen LogP contribution in [0.3, 0.4) is 0 Å². The standard InChI is InChI=1S/C15H16O6/c16-9-11(17)13-14(12(18)15(19)21-13)20-8-4-7-10-5-2-1-3-6-10/h1-7,11,13,16-18H,8-9H2/t11-,13+/m0/s1. The second-order valence-electron chi connectivity index (χ2n) is 4.41. The van der Waals surface area contributed by atoms with E-state index in [0.717, 1.165) is 5.56 Å². The van der Waals surface area contributed by atoms with E-state index in [1.807, 2.05) is 36.4 Å². The van der Waals surface area contributed by atoms with E-state index in [0.29, 0.717) is 0 Å². The topological polar surface area (TPSA) is 96.2 Å². The van der Waals surface area contributed by atoms with Crippen LogP contribution in [0.15, 0.2) is 47.9 Å². The Kier molecular flexibility index (Phi) is 4.97. The molecular formula is C15H16O6. The second-order valence-corrected chi connectivity index (χ2v) is 4.41. The van der Waals surface area contributed by atoms with E-state index in [1.54, 1.807) is 6.08 Å². The predicted octanol–water partition coefficient (Wildman–Crippen LogP) is 0.765. The van der Waals surface area contributed by atoms with Crippen LogP contribution in [0.5, 0.6) is 0 Å². The zero-order valence-corrected chi connectivity index (χ0v) is 11.2. The average Bonchev–Trinajstić information content (AvgIpc) is 2.80. The summed E-state index contributed by atoms with van der Waals surface area (Å²) < 4.78 is 10.0. The van der Waals surface area contributed by atoms with Gasteiger partial charge in [-0.3, -0.25) is 0 Å². The van der Waals surface area contributed by atoms with E-state index in [-0.39, 0.29) is 12.4 Å². The van der Waals surface area contributed by atoms with Gasteiger partial charge in [0.15, 0.2) is 11.9 Å². The van der Waals surface area contributed by atoms with Crippen molar-refractivity contribution in [3.05, 3.63) is 53.5 Å². The number of benzene rings is 1. The van der Waals surface area contributed by atoms with Gasteiger partial charge in [0.1, 0.15) is 12.7 Å². The molecule has 0 saturated heterocycles. The Balaban J connectivity index is 1.97. The van der Waals surface area contributed by atoms with Gasteiger partial charge in [0, 0.05) is 0 Å². The lowest BCUT2D eigenvalue weighted by Crippen LogP contribution is -2.32. The smallest absolute Gasteiger partial charge is 0.378 e. The van der Waals surface area contributed by atoms with Crippen LogP contribution >= 0.6 is 0 Å². The maximum Gasteiger partial charge on any atom is 0.378 e. The molecule has 21 heavy (non-hydrogen) atoms. The fourth-order valence-electron chi connectivity index (χ4n) is 1.85. The molecule has 0 unspecified atom stereocenters. The average molecular weight is 292 g/mol. The first-order valence-electron chi connectivity index (χ1n) is 6.41. The second kappa shape index (κ2) is 6.92. The molecule has 0 aromatic heterocycles. The van der Waals surface area contributed by atoms with Crippen LogP contribution < -0.4 is 0 Å². The van der Waals surface area contributed by atoms with Crippen molar-refractivity contribution < 1.29 is 29.6 Å². The Hall–Kier alpha value is -2.31. The summed E-state index contributed by atoms with van der Waals surface area (Å²) in [5, 5.41) is 28.0. The van der Waals surface area contributed by atoms with Gasteiger partial charge in [-0.25, -0.2) is 4.79 Å². The number of rotatable bonds is 6. The van der Waals surface area contributed by atoms with Crippen LogP contribution in [0.1, 0.15) is 5.56 Å². The minimum Gasteiger partial charge on any atom is -0.499 e. The van der Waals surface area contributed by atoms with Gasteiger partial charge < -0.3 is 24.8 Å². The van der Waals surface area contributed by atoms with Gasteiger partial charge >= 0.3 is 5.97 Å². The number of carbonyl (C=O) groups is 1. The molecule has 0 radical (unpaired) electrons. The molecule has 0 saturated carbocycles. The van der Waals surface area contributed by atoms with Crippen LogP contribution in [-0.4, -0.2) is 46.7 Å². The van der Waals surface area contributed by atoms with Crippen molar-refractivity contribution in [1.82, 2.24) is 0 Å². The molecule has 0 aliphatic carbocycles. The highest BCUT2D eigenvalue weighted by Crippen LogP contribution is 2.24. The molecule has 3 N–H and O–H groups in total. The summed E-state index contributed by atoms with van der Waals surface area (Å²) in [5.74, 6) is -1.82. The maximum absolute atomic E-state index is 11.2.